The molecule has 1 N–H and O–H groups in total. The lowest BCUT2D eigenvalue weighted by Crippen LogP contribution is -2.38. The molecule has 0 aromatic heterocycles. The number of aliphatic hydroxyl groups excluding tert-OH is 1. The van der Waals surface area contributed by atoms with Gasteiger partial charge in [0.05, 0.1) is 11.4 Å². The SMILES string of the molecule is C[C@H](O)CN1CCC(CCS(=O)C(c2ccc(F)cc2)c2ccc(F)cc2)CC1. The van der Waals surface area contributed by atoms with Crippen LogP contribution in [0.1, 0.15) is 42.6 Å². The van der Waals surface area contributed by atoms with E-state index >= 15 is 0 Å². The van der Waals surface area contributed by atoms with Crippen LogP contribution in [0.5, 0.6) is 0 Å². The molecule has 0 aliphatic carbocycles. The van der Waals surface area contributed by atoms with Gasteiger partial charge in [0.2, 0.25) is 0 Å². The summed E-state index contributed by atoms with van der Waals surface area (Å²) in [5, 5.41) is 9.13. The number of piperidine rings is 1. The highest BCUT2D eigenvalue weighted by atomic mass is 32.2. The summed E-state index contributed by atoms with van der Waals surface area (Å²) in [6, 6.07) is 12.2. The quantitative estimate of drug-likeness (QED) is 0.691. The van der Waals surface area contributed by atoms with Crippen molar-refractivity contribution in [3.63, 3.8) is 0 Å². The van der Waals surface area contributed by atoms with Crippen molar-refractivity contribution in [2.45, 2.75) is 37.5 Å². The van der Waals surface area contributed by atoms with Crippen molar-refractivity contribution in [3.8, 4) is 0 Å². The molecule has 1 fully saturated rings. The molecule has 1 heterocycles. The van der Waals surface area contributed by atoms with Crippen LogP contribution in [0.2, 0.25) is 0 Å². The molecule has 0 radical (unpaired) electrons. The molecule has 29 heavy (non-hydrogen) atoms. The van der Waals surface area contributed by atoms with Crippen molar-refractivity contribution in [3.05, 3.63) is 71.3 Å². The highest BCUT2D eigenvalue weighted by Crippen LogP contribution is 2.31. The lowest BCUT2D eigenvalue weighted by Gasteiger charge is -2.32. The number of rotatable bonds is 8. The molecule has 0 saturated carbocycles. The Morgan fingerprint density at radius 3 is 1.93 bits per heavy atom. The van der Waals surface area contributed by atoms with Gasteiger partial charge in [-0.2, -0.15) is 0 Å². The average Bonchev–Trinajstić information content (AvgIpc) is 2.70. The molecule has 1 unspecified atom stereocenters. The minimum absolute atomic E-state index is 0.314. The molecule has 1 aliphatic heterocycles. The zero-order chi connectivity index (χ0) is 20.8. The molecule has 2 aromatic rings. The van der Waals surface area contributed by atoms with Crippen LogP contribution in [-0.2, 0) is 10.8 Å². The van der Waals surface area contributed by atoms with Gasteiger partial charge in [-0.25, -0.2) is 8.78 Å². The van der Waals surface area contributed by atoms with Crippen molar-refractivity contribution in [1.82, 2.24) is 4.90 Å². The zero-order valence-corrected chi connectivity index (χ0v) is 17.6. The van der Waals surface area contributed by atoms with E-state index in [1.54, 1.807) is 31.2 Å². The summed E-state index contributed by atoms with van der Waals surface area (Å²) < 4.78 is 40.0. The Labute approximate surface area is 174 Å². The Bertz CT molecular complexity index is 742. The smallest absolute Gasteiger partial charge is 0.123 e. The summed E-state index contributed by atoms with van der Waals surface area (Å²) in [5.74, 6) is 0.412. The van der Waals surface area contributed by atoms with Crippen LogP contribution in [0.25, 0.3) is 0 Å². The number of hydrogen-bond donors (Lipinski definition) is 1. The first kappa shape index (κ1) is 22.1. The Hall–Kier alpha value is -1.63. The number of hydrogen-bond acceptors (Lipinski definition) is 3. The van der Waals surface area contributed by atoms with Gasteiger partial charge in [-0.3, -0.25) is 4.21 Å². The molecule has 2 atom stereocenters. The Kier molecular flexibility index (Phi) is 7.92. The third-order valence-corrected chi connectivity index (χ3v) is 7.27. The number of halogens is 2. The van der Waals surface area contributed by atoms with E-state index in [2.05, 4.69) is 4.90 Å². The van der Waals surface area contributed by atoms with Crippen LogP contribution < -0.4 is 0 Å². The van der Waals surface area contributed by atoms with Gasteiger partial charge in [0.25, 0.3) is 0 Å². The Morgan fingerprint density at radius 1 is 1.00 bits per heavy atom. The molecule has 1 saturated heterocycles. The minimum Gasteiger partial charge on any atom is -0.392 e. The summed E-state index contributed by atoms with van der Waals surface area (Å²) >= 11 is 0. The van der Waals surface area contributed by atoms with Crippen molar-refractivity contribution >= 4 is 10.8 Å². The standard InChI is InChI=1S/C23H29F2NO2S/c1-17(27)16-26-13-10-18(11-14-26)12-15-29(28)23(19-2-6-21(24)7-3-19)20-4-8-22(25)9-5-20/h2-9,17-18,23,27H,10-16H2,1H3/t17-,29?/m0/s1. The van der Waals surface area contributed by atoms with E-state index in [-0.39, 0.29) is 17.7 Å². The van der Waals surface area contributed by atoms with E-state index in [9.17, 15) is 18.1 Å². The molecule has 0 spiro atoms. The Balaban J connectivity index is 1.64. The molecule has 0 amide bonds. The van der Waals surface area contributed by atoms with Crippen LogP contribution in [0.15, 0.2) is 48.5 Å². The number of aliphatic hydroxyl groups is 1. The maximum Gasteiger partial charge on any atom is 0.123 e. The molecule has 3 nitrogen and oxygen atoms in total. The van der Waals surface area contributed by atoms with Gasteiger partial charge in [-0.1, -0.05) is 24.3 Å². The first-order valence-corrected chi connectivity index (χ1v) is 11.6. The van der Waals surface area contributed by atoms with E-state index in [1.165, 1.54) is 24.3 Å². The van der Waals surface area contributed by atoms with Gasteiger partial charge in [-0.05, 0) is 80.6 Å². The highest BCUT2D eigenvalue weighted by Gasteiger charge is 2.25. The molecule has 1 aliphatic rings. The van der Waals surface area contributed by atoms with Gasteiger partial charge in [-0.15, -0.1) is 0 Å². The average molecular weight is 422 g/mol. The van der Waals surface area contributed by atoms with Crippen molar-refractivity contribution in [2.75, 3.05) is 25.4 Å². The fraction of sp³-hybridized carbons (Fsp3) is 0.478. The molecular weight excluding hydrogens is 392 g/mol. The number of β-amino-alcohol motifs (C(OH)–C–C–N with tert-alkyl or cyclic N) is 1. The normalized spacial score (nSPS) is 18.1. The van der Waals surface area contributed by atoms with Gasteiger partial charge in [0.15, 0.2) is 0 Å². The summed E-state index contributed by atoms with van der Waals surface area (Å²) in [7, 11) is -1.19. The second-order valence-electron chi connectivity index (χ2n) is 7.95. The molecule has 2 aromatic carbocycles. The second-order valence-corrected chi connectivity index (χ2v) is 9.59. The van der Waals surface area contributed by atoms with Crippen LogP contribution in [0.4, 0.5) is 8.78 Å². The monoisotopic (exact) mass is 421 g/mol. The lowest BCUT2D eigenvalue weighted by atomic mass is 9.94. The predicted molar refractivity (Wildman–Crippen MR) is 113 cm³/mol. The maximum atomic E-state index is 13.4. The van der Waals surface area contributed by atoms with Gasteiger partial charge < -0.3 is 10.0 Å². The highest BCUT2D eigenvalue weighted by molar-refractivity contribution is 7.85. The zero-order valence-electron chi connectivity index (χ0n) is 16.8. The van der Waals surface area contributed by atoms with Crippen molar-refractivity contribution < 1.29 is 18.1 Å². The molecule has 158 valence electrons. The number of nitrogens with zero attached hydrogens (tertiary/aromatic N) is 1. The molecule has 6 heteroatoms. The van der Waals surface area contributed by atoms with E-state index in [1.807, 2.05) is 0 Å². The second kappa shape index (κ2) is 10.4. The summed E-state index contributed by atoms with van der Waals surface area (Å²) in [6.07, 6.45) is 2.64. The summed E-state index contributed by atoms with van der Waals surface area (Å²) in [5.41, 5.74) is 1.56. The summed E-state index contributed by atoms with van der Waals surface area (Å²) in [6.45, 7) is 4.43. The van der Waals surface area contributed by atoms with E-state index in [0.717, 1.165) is 43.5 Å². The van der Waals surface area contributed by atoms with Gasteiger partial charge in [0, 0.05) is 23.1 Å². The van der Waals surface area contributed by atoms with E-state index in [0.29, 0.717) is 18.2 Å². The van der Waals surface area contributed by atoms with Crippen LogP contribution >= 0.6 is 0 Å². The maximum absolute atomic E-state index is 13.4. The number of likely N-dealkylation sites (tertiary alicyclic amines) is 1. The lowest BCUT2D eigenvalue weighted by molar-refractivity contribution is 0.0996. The van der Waals surface area contributed by atoms with Gasteiger partial charge >= 0.3 is 0 Å². The van der Waals surface area contributed by atoms with Gasteiger partial charge in [0.1, 0.15) is 11.6 Å². The molecule has 3 rings (SSSR count). The van der Waals surface area contributed by atoms with Crippen molar-refractivity contribution in [1.29, 1.82) is 0 Å². The van der Waals surface area contributed by atoms with E-state index in [4.69, 9.17) is 0 Å². The first-order chi connectivity index (χ1) is 13.9. The molecular formula is C23H29F2NO2S. The van der Waals surface area contributed by atoms with Crippen LogP contribution in [0, 0.1) is 17.6 Å². The van der Waals surface area contributed by atoms with Crippen molar-refractivity contribution in [2.24, 2.45) is 5.92 Å². The molecule has 0 bridgehead atoms. The third kappa shape index (κ3) is 6.43. The summed E-state index contributed by atoms with van der Waals surface area (Å²) in [4.78, 5) is 2.28. The Morgan fingerprint density at radius 2 is 1.48 bits per heavy atom. The first-order valence-electron chi connectivity index (χ1n) is 10.2. The topological polar surface area (TPSA) is 40.5 Å². The minimum atomic E-state index is -1.19. The largest absolute Gasteiger partial charge is 0.392 e. The fourth-order valence-corrected chi connectivity index (χ4v) is 5.73. The fourth-order valence-electron chi connectivity index (χ4n) is 4.00. The number of benzene rings is 2. The van der Waals surface area contributed by atoms with Crippen LogP contribution in [-0.4, -0.2) is 45.7 Å². The third-order valence-electron chi connectivity index (χ3n) is 5.57. The van der Waals surface area contributed by atoms with Crippen LogP contribution in [0.3, 0.4) is 0 Å². The predicted octanol–water partition coefficient (Wildman–Crippen LogP) is 4.29. The van der Waals surface area contributed by atoms with E-state index < -0.39 is 16.0 Å².